The van der Waals surface area contributed by atoms with Gasteiger partial charge in [-0.25, -0.2) is 0 Å². The molecule has 0 aromatic heterocycles. The number of likely N-dealkylation sites (tertiary alicyclic amines) is 1. The molecule has 1 fully saturated rings. The van der Waals surface area contributed by atoms with E-state index in [1.165, 1.54) is 5.56 Å². The highest BCUT2D eigenvalue weighted by molar-refractivity contribution is 6.35. The highest BCUT2D eigenvalue weighted by atomic mass is 16.2. The molecule has 2 amide bonds. The SMILES string of the molecule is CCN1CCC[C@@H]1CNC(=O)C(=O)NCc1ccc(C)cc1. The third-order valence-corrected chi connectivity index (χ3v) is 4.18. The molecule has 120 valence electrons. The van der Waals surface area contributed by atoms with E-state index in [0.717, 1.165) is 31.5 Å². The van der Waals surface area contributed by atoms with E-state index < -0.39 is 11.8 Å². The normalized spacial score (nSPS) is 18.2. The first kappa shape index (κ1) is 16.5. The molecule has 0 aliphatic carbocycles. The van der Waals surface area contributed by atoms with Gasteiger partial charge in [0.05, 0.1) is 0 Å². The van der Waals surface area contributed by atoms with Crippen LogP contribution in [-0.2, 0) is 16.1 Å². The fraction of sp³-hybridized carbons (Fsp3) is 0.529. The van der Waals surface area contributed by atoms with Crippen molar-refractivity contribution in [1.29, 1.82) is 0 Å². The minimum Gasteiger partial charge on any atom is -0.346 e. The summed E-state index contributed by atoms with van der Waals surface area (Å²) in [6.45, 7) is 7.12. The van der Waals surface area contributed by atoms with Gasteiger partial charge in [0.1, 0.15) is 0 Å². The number of hydrogen-bond acceptors (Lipinski definition) is 3. The maximum atomic E-state index is 11.8. The number of amides is 2. The second-order valence-electron chi connectivity index (χ2n) is 5.80. The molecule has 1 aromatic rings. The molecule has 1 aliphatic heterocycles. The first-order valence-electron chi connectivity index (χ1n) is 7.95. The van der Waals surface area contributed by atoms with Crippen LogP contribution in [0.15, 0.2) is 24.3 Å². The molecule has 0 saturated carbocycles. The molecule has 1 saturated heterocycles. The van der Waals surface area contributed by atoms with Crippen LogP contribution in [0, 0.1) is 6.92 Å². The number of aryl methyl sites for hydroxylation is 1. The fourth-order valence-corrected chi connectivity index (χ4v) is 2.80. The van der Waals surface area contributed by atoms with Crippen molar-refractivity contribution in [2.24, 2.45) is 0 Å². The second-order valence-corrected chi connectivity index (χ2v) is 5.80. The average Bonchev–Trinajstić information content (AvgIpc) is 2.99. The highest BCUT2D eigenvalue weighted by Crippen LogP contribution is 2.15. The van der Waals surface area contributed by atoms with Gasteiger partial charge in [-0.05, 0) is 38.4 Å². The van der Waals surface area contributed by atoms with E-state index in [1.54, 1.807) is 0 Å². The number of rotatable bonds is 5. The Bertz CT molecular complexity index is 513. The van der Waals surface area contributed by atoms with Crippen LogP contribution >= 0.6 is 0 Å². The quantitative estimate of drug-likeness (QED) is 0.804. The van der Waals surface area contributed by atoms with E-state index in [9.17, 15) is 9.59 Å². The van der Waals surface area contributed by atoms with Gasteiger partial charge in [-0.15, -0.1) is 0 Å². The predicted octanol–water partition coefficient (Wildman–Crippen LogP) is 1.21. The van der Waals surface area contributed by atoms with Gasteiger partial charge in [0.15, 0.2) is 0 Å². The smallest absolute Gasteiger partial charge is 0.309 e. The molecular weight excluding hydrogens is 278 g/mol. The van der Waals surface area contributed by atoms with Crippen molar-refractivity contribution in [3.63, 3.8) is 0 Å². The number of carbonyl (C=O) groups is 2. The van der Waals surface area contributed by atoms with Crippen LogP contribution in [0.2, 0.25) is 0 Å². The van der Waals surface area contributed by atoms with E-state index in [2.05, 4.69) is 22.5 Å². The molecular formula is C17H25N3O2. The standard InChI is InChI=1S/C17H25N3O2/c1-3-20-10-4-5-15(20)12-19-17(22)16(21)18-11-14-8-6-13(2)7-9-14/h6-9,15H,3-5,10-12H2,1-2H3,(H,18,21)(H,19,22)/t15-/m1/s1. The zero-order valence-electron chi connectivity index (χ0n) is 13.4. The largest absolute Gasteiger partial charge is 0.346 e. The Kier molecular flexibility index (Phi) is 5.95. The summed E-state index contributed by atoms with van der Waals surface area (Å²) in [5, 5.41) is 5.40. The Morgan fingerprint density at radius 1 is 1.18 bits per heavy atom. The molecule has 5 nitrogen and oxygen atoms in total. The summed E-state index contributed by atoms with van der Waals surface area (Å²) >= 11 is 0. The molecule has 0 bridgehead atoms. The summed E-state index contributed by atoms with van der Waals surface area (Å²) in [4.78, 5) is 26.0. The molecule has 2 rings (SSSR count). The first-order chi connectivity index (χ1) is 10.6. The Morgan fingerprint density at radius 3 is 2.55 bits per heavy atom. The second kappa shape index (κ2) is 7.94. The summed E-state index contributed by atoms with van der Waals surface area (Å²) in [5.41, 5.74) is 2.16. The van der Waals surface area contributed by atoms with Crippen molar-refractivity contribution in [2.75, 3.05) is 19.6 Å². The van der Waals surface area contributed by atoms with Gasteiger partial charge in [-0.2, -0.15) is 0 Å². The van der Waals surface area contributed by atoms with Crippen molar-refractivity contribution in [2.45, 2.75) is 39.3 Å². The molecule has 2 N–H and O–H groups in total. The van der Waals surface area contributed by atoms with Crippen molar-refractivity contribution >= 4 is 11.8 Å². The molecule has 0 unspecified atom stereocenters. The highest BCUT2D eigenvalue weighted by Gasteiger charge is 2.24. The number of likely N-dealkylation sites (N-methyl/N-ethyl adjacent to an activating group) is 1. The van der Waals surface area contributed by atoms with Gasteiger partial charge in [-0.3, -0.25) is 14.5 Å². The van der Waals surface area contributed by atoms with Crippen molar-refractivity contribution in [3.05, 3.63) is 35.4 Å². The molecule has 1 heterocycles. The predicted molar refractivity (Wildman–Crippen MR) is 86.3 cm³/mol. The lowest BCUT2D eigenvalue weighted by atomic mass is 10.1. The molecule has 1 aromatic carbocycles. The Morgan fingerprint density at radius 2 is 1.86 bits per heavy atom. The zero-order chi connectivity index (χ0) is 15.9. The molecule has 1 aliphatic rings. The third kappa shape index (κ3) is 4.56. The van der Waals surface area contributed by atoms with Gasteiger partial charge >= 0.3 is 11.8 Å². The van der Waals surface area contributed by atoms with Crippen LogP contribution in [0.3, 0.4) is 0 Å². The lowest BCUT2D eigenvalue weighted by Gasteiger charge is -2.22. The van der Waals surface area contributed by atoms with Gasteiger partial charge in [0, 0.05) is 19.1 Å². The zero-order valence-corrected chi connectivity index (χ0v) is 13.4. The van der Waals surface area contributed by atoms with Crippen LogP contribution in [0.4, 0.5) is 0 Å². The van der Waals surface area contributed by atoms with Crippen molar-refractivity contribution in [3.8, 4) is 0 Å². The fourth-order valence-electron chi connectivity index (χ4n) is 2.80. The van der Waals surface area contributed by atoms with Crippen LogP contribution in [-0.4, -0.2) is 42.4 Å². The molecule has 1 atom stereocenters. The van der Waals surface area contributed by atoms with Crippen LogP contribution < -0.4 is 10.6 Å². The number of hydrogen-bond donors (Lipinski definition) is 2. The van der Waals surface area contributed by atoms with Crippen LogP contribution in [0.25, 0.3) is 0 Å². The van der Waals surface area contributed by atoms with Crippen molar-refractivity contribution < 1.29 is 9.59 Å². The maximum absolute atomic E-state index is 11.8. The number of nitrogens with zero attached hydrogens (tertiary/aromatic N) is 1. The van der Waals surface area contributed by atoms with E-state index in [0.29, 0.717) is 19.1 Å². The Balaban J connectivity index is 1.72. The lowest BCUT2D eigenvalue weighted by molar-refractivity contribution is -0.139. The van der Waals surface area contributed by atoms with E-state index in [-0.39, 0.29) is 0 Å². The van der Waals surface area contributed by atoms with Crippen LogP contribution in [0.1, 0.15) is 30.9 Å². The maximum Gasteiger partial charge on any atom is 0.309 e. The molecule has 5 heteroatoms. The summed E-state index contributed by atoms with van der Waals surface area (Å²) in [7, 11) is 0. The van der Waals surface area contributed by atoms with Crippen LogP contribution in [0.5, 0.6) is 0 Å². The number of nitrogens with one attached hydrogen (secondary N) is 2. The molecule has 22 heavy (non-hydrogen) atoms. The molecule has 0 spiro atoms. The monoisotopic (exact) mass is 303 g/mol. The van der Waals surface area contributed by atoms with Gasteiger partial charge in [-0.1, -0.05) is 36.8 Å². The first-order valence-corrected chi connectivity index (χ1v) is 7.95. The van der Waals surface area contributed by atoms with Gasteiger partial charge in [0.25, 0.3) is 0 Å². The topological polar surface area (TPSA) is 61.4 Å². The van der Waals surface area contributed by atoms with Gasteiger partial charge in [0.2, 0.25) is 0 Å². The number of benzene rings is 1. The third-order valence-electron chi connectivity index (χ3n) is 4.18. The summed E-state index contributed by atoms with van der Waals surface area (Å²) < 4.78 is 0. The van der Waals surface area contributed by atoms with E-state index >= 15 is 0 Å². The van der Waals surface area contributed by atoms with E-state index in [4.69, 9.17) is 0 Å². The summed E-state index contributed by atoms with van der Waals surface area (Å²) in [6.07, 6.45) is 2.24. The summed E-state index contributed by atoms with van der Waals surface area (Å²) in [6, 6.07) is 8.23. The average molecular weight is 303 g/mol. The molecule has 0 radical (unpaired) electrons. The minimum absolute atomic E-state index is 0.360. The lowest BCUT2D eigenvalue weighted by Crippen LogP contribution is -2.45. The number of carbonyl (C=O) groups excluding carboxylic acids is 2. The summed E-state index contributed by atoms with van der Waals surface area (Å²) in [5.74, 6) is -1.11. The van der Waals surface area contributed by atoms with Crippen molar-refractivity contribution in [1.82, 2.24) is 15.5 Å². The Hall–Kier alpha value is -1.88. The minimum atomic E-state index is -0.568. The Labute approximate surface area is 132 Å². The van der Waals surface area contributed by atoms with Gasteiger partial charge < -0.3 is 10.6 Å². The van der Waals surface area contributed by atoms with E-state index in [1.807, 2.05) is 31.2 Å².